The second-order valence-corrected chi connectivity index (χ2v) is 6.86. The predicted octanol–water partition coefficient (Wildman–Crippen LogP) is 2.22. The van der Waals surface area contributed by atoms with Gasteiger partial charge in [0.25, 0.3) is 11.5 Å². The Balaban J connectivity index is 1.67. The van der Waals surface area contributed by atoms with Gasteiger partial charge in [-0.15, -0.1) is 0 Å². The van der Waals surface area contributed by atoms with Gasteiger partial charge in [0.15, 0.2) is 11.5 Å². The average Bonchev–Trinajstić information content (AvgIpc) is 2.71. The Morgan fingerprint density at radius 3 is 2.54 bits per heavy atom. The molecule has 7 nitrogen and oxygen atoms in total. The van der Waals surface area contributed by atoms with Gasteiger partial charge in [-0.1, -0.05) is 0 Å². The lowest BCUT2D eigenvalue weighted by Crippen LogP contribution is -2.39. The summed E-state index contributed by atoms with van der Waals surface area (Å²) >= 11 is 0. The molecule has 0 bridgehead atoms. The van der Waals surface area contributed by atoms with Crippen LogP contribution in [0.15, 0.2) is 41.5 Å². The fraction of sp³-hybridized carbons (Fsp3) is 0.286. The Morgan fingerprint density at radius 2 is 1.82 bits per heavy atom. The number of fused-ring (bicyclic) bond motifs is 2. The number of ether oxygens (including phenoxy) is 2. The maximum absolute atomic E-state index is 13.0. The lowest BCUT2D eigenvalue weighted by Gasteiger charge is -2.29. The minimum absolute atomic E-state index is 0.0743. The third-order valence-electron chi connectivity index (χ3n) is 5.10. The topological polar surface area (TPSA) is 73.1 Å². The van der Waals surface area contributed by atoms with E-state index < -0.39 is 0 Å². The third-order valence-corrected chi connectivity index (χ3v) is 5.10. The molecule has 7 heteroatoms. The number of carbonyl (C=O) groups excluding carboxylic acids is 1. The summed E-state index contributed by atoms with van der Waals surface area (Å²) in [5.41, 5.74) is 3.36. The SMILES string of the molecule is COc1cc2c(cc1OC)CN(C(=O)c1cnc3cc(C)ccn3c1=O)CC2. The summed E-state index contributed by atoms with van der Waals surface area (Å²) in [4.78, 5) is 31.8. The van der Waals surface area contributed by atoms with E-state index in [-0.39, 0.29) is 17.0 Å². The van der Waals surface area contributed by atoms with Gasteiger partial charge in [-0.05, 0) is 54.3 Å². The summed E-state index contributed by atoms with van der Waals surface area (Å²) in [5.74, 6) is 0.986. The summed E-state index contributed by atoms with van der Waals surface area (Å²) in [6.07, 6.45) is 3.71. The number of aromatic nitrogens is 2. The van der Waals surface area contributed by atoms with Crippen molar-refractivity contribution in [2.24, 2.45) is 0 Å². The van der Waals surface area contributed by atoms with Crippen molar-refractivity contribution in [1.82, 2.24) is 14.3 Å². The summed E-state index contributed by atoms with van der Waals surface area (Å²) in [5, 5.41) is 0. The van der Waals surface area contributed by atoms with Crippen LogP contribution in [0.25, 0.3) is 5.65 Å². The van der Waals surface area contributed by atoms with Gasteiger partial charge >= 0.3 is 0 Å². The Labute approximate surface area is 162 Å². The summed E-state index contributed by atoms with van der Waals surface area (Å²) in [6.45, 7) is 2.86. The van der Waals surface area contributed by atoms with Gasteiger partial charge in [-0.25, -0.2) is 4.98 Å². The molecule has 0 radical (unpaired) electrons. The van der Waals surface area contributed by atoms with Gasteiger partial charge in [0.1, 0.15) is 11.2 Å². The highest BCUT2D eigenvalue weighted by atomic mass is 16.5. The molecular weight excluding hydrogens is 358 g/mol. The number of nitrogens with zero attached hydrogens (tertiary/aromatic N) is 3. The molecule has 2 aromatic heterocycles. The Kier molecular flexibility index (Phi) is 4.50. The zero-order valence-corrected chi connectivity index (χ0v) is 16.1. The first-order valence-corrected chi connectivity index (χ1v) is 9.03. The van der Waals surface area contributed by atoms with Crippen molar-refractivity contribution in [2.45, 2.75) is 19.9 Å². The first kappa shape index (κ1) is 18.0. The number of carbonyl (C=O) groups is 1. The van der Waals surface area contributed by atoms with Gasteiger partial charge in [-0.2, -0.15) is 0 Å². The van der Waals surface area contributed by atoms with E-state index in [1.165, 1.54) is 10.6 Å². The summed E-state index contributed by atoms with van der Waals surface area (Å²) in [7, 11) is 3.18. The van der Waals surface area contributed by atoms with E-state index in [9.17, 15) is 9.59 Å². The molecule has 1 aliphatic rings. The molecule has 1 aromatic carbocycles. The standard InChI is InChI=1S/C21H21N3O4/c1-13-4-7-24-19(8-13)22-11-16(21(24)26)20(25)23-6-5-14-9-17(27-2)18(28-3)10-15(14)12-23/h4,7-11H,5-6,12H2,1-3H3. The van der Waals surface area contributed by atoms with Crippen LogP contribution in [0, 0.1) is 6.92 Å². The number of rotatable bonds is 3. The number of aryl methyl sites for hydroxylation is 1. The smallest absolute Gasteiger partial charge is 0.270 e. The quantitative estimate of drug-likeness (QED) is 0.698. The van der Waals surface area contributed by atoms with Gasteiger partial charge in [0.05, 0.1) is 14.2 Å². The van der Waals surface area contributed by atoms with Crippen molar-refractivity contribution >= 4 is 11.6 Å². The van der Waals surface area contributed by atoms with Crippen LogP contribution in [-0.4, -0.2) is 41.0 Å². The van der Waals surface area contributed by atoms with E-state index in [1.54, 1.807) is 25.3 Å². The highest BCUT2D eigenvalue weighted by Gasteiger charge is 2.26. The van der Waals surface area contributed by atoms with E-state index in [1.807, 2.05) is 31.2 Å². The van der Waals surface area contributed by atoms with Crippen molar-refractivity contribution in [3.63, 3.8) is 0 Å². The van der Waals surface area contributed by atoms with E-state index >= 15 is 0 Å². The summed E-state index contributed by atoms with van der Waals surface area (Å²) < 4.78 is 12.1. The first-order chi connectivity index (χ1) is 13.5. The molecule has 0 spiro atoms. The molecule has 1 amide bonds. The van der Waals surface area contributed by atoms with Gasteiger partial charge in [-0.3, -0.25) is 14.0 Å². The normalized spacial score (nSPS) is 13.3. The van der Waals surface area contributed by atoms with Gasteiger partial charge in [0, 0.05) is 25.5 Å². The van der Waals surface area contributed by atoms with Crippen molar-refractivity contribution in [3.05, 3.63) is 69.3 Å². The van der Waals surface area contributed by atoms with Crippen molar-refractivity contribution < 1.29 is 14.3 Å². The van der Waals surface area contributed by atoms with Crippen molar-refractivity contribution in [2.75, 3.05) is 20.8 Å². The number of amides is 1. The lowest BCUT2D eigenvalue weighted by molar-refractivity contribution is 0.0732. The number of hydrogen-bond donors (Lipinski definition) is 0. The van der Waals surface area contributed by atoms with Crippen LogP contribution in [0.3, 0.4) is 0 Å². The van der Waals surface area contributed by atoms with Crippen LogP contribution in [0.4, 0.5) is 0 Å². The Bertz CT molecular complexity index is 1140. The molecular formula is C21H21N3O4. The second-order valence-electron chi connectivity index (χ2n) is 6.86. The molecule has 4 rings (SSSR count). The lowest BCUT2D eigenvalue weighted by atomic mass is 9.98. The second kappa shape index (κ2) is 6.99. The molecule has 0 fully saturated rings. The maximum atomic E-state index is 13.0. The number of hydrogen-bond acceptors (Lipinski definition) is 5. The van der Waals surface area contributed by atoms with Crippen LogP contribution in [0.5, 0.6) is 11.5 Å². The third kappa shape index (κ3) is 2.98. The van der Waals surface area contributed by atoms with E-state index in [0.717, 1.165) is 16.7 Å². The van der Waals surface area contributed by atoms with Crippen molar-refractivity contribution in [3.8, 4) is 11.5 Å². The van der Waals surface area contributed by atoms with Crippen molar-refractivity contribution in [1.29, 1.82) is 0 Å². The number of benzene rings is 1. The first-order valence-electron chi connectivity index (χ1n) is 9.03. The highest BCUT2D eigenvalue weighted by molar-refractivity contribution is 5.94. The molecule has 0 aliphatic carbocycles. The number of pyridine rings is 1. The molecule has 0 atom stereocenters. The molecule has 3 aromatic rings. The minimum Gasteiger partial charge on any atom is -0.493 e. The highest BCUT2D eigenvalue weighted by Crippen LogP contribution is 2.33. The van der Waals surface area contributed by atoms with E-state index in [2.05, 4.69) is 4.98 Å². The molecule has 0 unspecified atom stereocenters. The van der Waals surface area contributed by atoms with Crippen LogP contribution in [0.1, 0.15) is 27.0 Å². The molecule has 0 saturated carbocycles. The average molecular weight is 379 g/mol. The van der Waals surface area contributed by atoms with Crippen LogP contribution in [0.2, 0.25) is 0 Å². The Hall–Kier alpha value is -3.35. The molecule has 0 saturated heterocycles. The van der Waals surface area contributed by atoms with Crippen LogP contribution >= 0.6 is 0 Å². The van der Waals surface area contributed by atoms with Crippen LogP contribution < -0.4 is 15.0 Å². The largest absolute Gasteiger partial charge is 0.493 e. The molecule has 1 aliphatic heterocycles. The monoisotopic (exact) mass is 379 g/mol. The zero-order chi connectivity index (χ0) is 19.8. The van der Waals surface area contributed by atoms with Gasteiger partial charge in [0.2, 0.25) is 0 Å². The van der Waals surface area contributed by atoms with Gasteiger partial charge < -0.3 is 14.4 Å². The Morgan fingerprint density at radius 1 is 1.11 bits per heavy atom. The zero-order valence-electron chi connectivity index (χ0n) is 16.1. The molecule has 3 heterocycles. The predicted molar refractivity (Wildman–Crippen MR) is 104 cm³/mol. The fourth-order valence-electron chi connectivity index (χ4n) is 3.55. The maximum Gasteiger partial charge on any atom is 0.270 e. The molecule has 28 heavy (non-hydrogen) atoms. The summed E-state index contributed by atoms with van der Waals surface area (Å²) in [6, 6.07) is 7.47. The van der Waals surface area contributed by atoms with E-state index in [0.29, 0.717) is 36.7 Å². The fourth-order valence-corrected chi connectivity index (χ4v) is 3.55. The molecule has 0 N–H and O–H groups in total. The number of methoxy groups -OCH3 is 2. The minimum atomic E-state index is -0.354. The van der Waals surface area contributed by atoms with Crippen LogP contribution in [-0.2, 0) is 13.0 Å². The van der Waals surface area contributed by atoms with E-state index in [4.69, 9.17) is 9.47 Å². The molecule has 144 valence electrons.